The Morgan fingerprint density at radius 2 is 2.16 bits per heavy atom. The molecule has 1 atom stereocenters. The molecule has 1 aliphatic carbocycles. The fraction of sp³-hybridized carbons (Fsp3) is 0.429. The van der Waals surface area contributed by atoms with Gasteiger partial charge in [-0.1, -0.05) is 24.4 Å². The molecule has 0 radical (unpaired) electrons. The highest BCUT2D eigenvalue weighted by Crippen LogP contribution is 2.28. The van der Waals surface area contributed by atoms with Gasteiger partial charge in [-0.25, -0.2) is 0 Å². The van der Waals surface area contributed by atoms with Gasteiger partial charge in [-0.3, -0.25) is 4.79 Å². The number of halogens is 1. The average molecular weight is 279 g/mol. The Morgan fingerprint density at radius 1 is 1.47 bits per heavy atom. The van der Waals surface area contributed by atoms with Gasteiger partial charge in [0.05, 0.1) is 10.6 Å². The van der Waals surface area contributed by atoms with Gasteiger partial charge >= 0.3 is 0 Å². The smallest absolute Gasteiger partial charge is 0.253 e. The number of anilines is 1. The van der Waals surface area contributed by atoms with Crippen molar-refractivity contribution in [3.63, 3.8) is 0 Å². The number of nitriles is 1. The fourth-order valence-electron chi connectivity index (χ4n) is 2.39. The molecule has 0 aromatic heterocycles. The maximum Gasteiger partial charge on any atom is 0.253 e. The topological polar surface area (TPSA) is 73.1 Å². The molecule has 1 aliphatic rings. The molecule has 2 N–H and O–H groups in total. The molecule has 1 unspecified atom stereocenters. The van der Waals surface area contributed by atoms with Crippen molar-refractivity contribution in [2.45, 2.75) is 31.8 Å². The molecular weight excluding hydrogens is 264 g/mol. The van der Waals surface area contributed by atoms with Crippen LogP contribution in [0.5, 0.6) is 0 Å². The lowest BCUT2D eigenvalue weighted by molar-refractivity contribution is -0.126. The second-order valence-corrected chi connectivity index (χ2v) is 5.19. The lowest BCUT2D eigenvalue weighted by atomic mass is 10.0. The van der Waals surface area contributed by atoms with Crippen LogP contribution in [-0.4, -0.2) is 17.1 Å². The van der Waals surface area contributed by atoms with Gasteiger partial charge in [0.1, 0.15) is 12.2 Å². The molecule has 0 saturated heterocycles. The van der Waals surface area contributed by atoms with E-state index in [1.54, 1.807) is 12.1 Å². The van der Waals surface area contributed by atoms with Gasteiger partial charge in [0.15, 0.2) is 0 Å². The van der Waals surface area contributed by atoms with Crippen LogP contribution in [0.15, 0.2) is 18.2 Å². The van der Waals surface area contributed by atoms with Crippen molar-refractivity contribution in [2.24, 2.45) is 5.92 Å². The predicted octanol–water partition coefficient (Wildman–Crippen LogP) is 2.70. The van der Waals surface area contributed by atoms with Crippen LogP contribution in [0.1, 0.15) is 31.2 Å². The van der Waals surface area contributed by atoms with Gasteiger partial charge in [0.2, 0.25) is 0 Å². The van der Waals surface area contributed by atoms with Crippen molar-refractivity contribution in [1.82, 2.24) is 0 Å². The standard InChI is InChI=1S/C14H15ClN2O2/c15-12-7-11(6-5-10(12)8-16)17-14(19)13(18)9-3-1-2-4-9/h5-7,9,13,18H,1-4H2,(H,17,19). The molecule has 19 heavy (non-hydrogen) atoms. The number of hydrogen-bond donors (Lipinski definition) is 2. The van der Waals surface area contributed by atoms with Gasteiger partial charge in [-0.05, 0) is 37.0 Å². The van der Waals surface area contributed by atoms with Crippen LogP contribution in [0.2, 0.25) is 5.02 Å². The molecule has 1 saturated carbocycles. The Kier molecular flexibility index (Phi) is 4.41. The number of nitrogens with zero attached hydrogens (tertiary/aromatic N) is 1. The van der Waals surface area contributed by atoms with Crippen LogP contribution in [0.3, 0.4) is 0 Å². The van der Waals surface area contributed by atoms with E-state index in [4.69, 9.17) is 16.9 Å². The van der Waals surface area contributed by atoms with Crippen LogP contribution in [-0.2, 0) is 4.79 Å². The Bertz CT molecular complexity index is 519. The van der Waals surface area contributed by atoms with Crippen LogP contribution in [0, 0.1) is 17.2 Å². The van der Waals surface area contributed by atoms with Gasteiger partial charge in [0, 0.05) is 5.69 Å². The molecule has 0 spiro atoms. The largest absolute Gasteiger partial charge is 0.383 e. The maximum atomic E-state index is 11.9. The summed E-state index contributed by atoms with van der Waals surface area (Å²) < 4.78 is 0. The summed E-state index contributed by atoms with van der Waals surface area (Å²) in [6.45, 7) is 0. The lowest BCUT2D eigenvalue weighted by Gasteiger charge is -2.17. The molecule has 1 fully saturated rings. The second-order valence-electron chi connectivity index (χ2n) is 4.79. The molecule has 100 valence electrons. The molecule has 0 bridgehead atoms. The number of hydrogen-bond acceptors (Lipinski definition) is 3. The van der Waals surface area contributed by atoms with E-state index in [0.717, 1.165) is 25.7 Å². The number of carbonyl (C=O) groups excluding carboxylic acids is 1. The van der Waals surface area contributed by atoms with E-state index in [1.807, 2.05) is 6.07 Å². The van der Waals surface area contributed by atoms with E-state index >= 15 is 0 Å². The monoisotopic (exact) mass is 278 g/mol. The average Bonchev–Trinajstić information content (AvgIpc) is 2.92. The van der Waals surface area contributed by atoms with Crippen LogP contribution >= 0.6 is 11.6 Å². The minimum absolute atomic E-state index is 0.0499. The van der Waals surface area contributed by atoms with E-state index < -0.39 is 12.0 Å². The van der Waals surface area contributed by atoms with Crippen molar-refractivity contribution in [3.05, 3.63) is 28.8 Å². The normalized spacial score (nSPS) is 16.9. The van der Waals surface area contributed by atoms with Gasteiger partial charge in [-0.2, -0.15) is 5.26 Å². The number of aliphatic hydroxyl groups excluding tert-OH is 1. The first-order chi connectivity index (χ1) is 9.11. The van der Waals surface area contributed by atoms with Gasteiger partial charge in [0.25, 0.3) is 5.91 Å². The number of carbonyl (C=O) groups is 1. The Hall–Kier alpha value is -1.57. The summed E-state index contributed by atoms with van der Waals surface area (Å²) in [6, 6.07) is 6.60. The first-order valence-corrected chi connectivity index (χ1v) is 6.68. The molecule has 4 nitrogen and oxygen atoms in total. The van der Waals surface area contributed by atoms with Crippen molar-refractivity contribution >= 4 is 23.2 Å². The highest BCUT2D eigenvalue weighted by atomic mass is 35.5. The molecule has 1 amide bonds. The summed E-state index contributed by atoms with van der Waals surface area (Å²) in [6.07, 6.45) is 2.94. The van der Waals surface area contributed by atoms with Crippen LogP contribution in [0.25, 0.3) is 0 Å². The van der Waals surface area contributed by atoms with E-state index in [9.17, 15) is 9.90 Å². The van der Waals surface area contributed by atoms with E-state index in [1.165, 1.54) is 6.07 Å². The molecule has 1 aromatic rings. The van der Waals surface area contributed by atoms with Crippen molar-refractivity contribution < 1.29 is 9.90 Å². The third kappa shape index (κ3) is 3.25. The Balaban J connectivity index is 2.02. The van der Waals surface area contributed by atoms with Crippen LogP contribution in [0.4, 0.5) is 5.69 Å². The minimum atomic E-state index is -0.975. The quantitative estimate of drug-likeness (QED) is 0.893. The van der Waals surface area contributed by atoms with E-state index in [0.29, 0.717) is 11.3 Å². The van der Waals surface area contributed by atoms with Crippen molar-refractivity contribution in [1.29, 1.82) is 5.26 Å². The third-order valence-electron chi connectivity index (χ3n) is 3.47. The van der Waals surface area contributed by atoms with Crippen molar-refractivity contribution in [3.8, 4) is 6.07 Å². The van der Waals surface area contributed by atoms with E-state index in [2.05, 4.69) is 5.32 Å². The Labute approximate surface area is 117 Å². The molecule has 5 heteroatoms. The number of benzene rings is 1. The summed E-state index contributed by atoms with van der Waals surface area (Å²) in [5.41, 5.74) is 0.849. The number of rotatable bonds is 3. The van der Waals surface area contributed by atoms with Crippen LogP contribution < -0.4 is 5.32 Å². The SMILES string of the molecule is N#Cc1ccc(NC(=O)C(O)C2CCCC2)cc1Cl. The molecular formula is C14H15ClN2O2. The van der Waals surface area contributed by atoms with Gasteiger partial charge < -0.3 is 10.4 Å². The minimum Gasteiger partial charge on any atom is -0.383 e. The zero-order chi connectivity index (χ0) is 13.8. The summed E-state index contributed by atoms with van der Waals surface area (Å²) >= 11 is 5.88. The zero-order valence-corrected chi connectivity index (χ0v) is 11.2. The molecule has 0 aliphatic heterocycles. The zero-order valence-electron chi connectivity index (χ0n) is 10.4. The van der Waals surface area contributed by atoms with E-state index in [-0.39, 0.29) is 10.9 Å². The first-order valence-electron chi connectivity index (χ1n) is 6.30. The number of amides is 1. The highest BCUT2D eigenvalue weighted by molar-refractivity contribution is 6.32. The lowest BCUT2D eigenvalue weighted by Crippen LogP contribution is -2.33. The molecule has 0 heterocycles. The molecule has 1 aromatic carbocycles. The maximum absolute atomic E-state index is 11.9. The summed E-state index contributed by atoms with van der Waals surface area (Å²) in [7, 11) is 0. The second kappa shape index (κ2) is 6.05. The van der Waals surface area contributed by atoms with Gasteiger partial charge in [-0.15, -0.1) is 0 Å². The molecule has 2 rings (SSSR count). The number of aliphatic hydroxyl groups is 1. The number of nitrogens with one attached hydrogen (secondary N) is 1. The Morgan fingerprint density at radius 3 is 2.74 bits per heavy atom. The highest BCUT2D eigenvalue weighted by Gasteiger charge is 2.28. The van der Waals surface area contributed by atoms with Crippen molar-refractivity contribution in [2.75, 3.05) is 5.32 Å². The first kappa shape index (κ1) is 13.9. The third-order valence-corrected chi connectivity index (χ3v) is 3.78. The predicted molar refractivity (Wildman–Crippen MR) is 72.8 cm³/mol. The fourth-order valence-corrected chi connectivity index (χ4v) is 2.61. The summed E-state index contributed by atoms with van der Waals surface area (Å²) in [5.74, 6) is -0.360. The summed E-state index contributed by atoms with van der Waals surface area (Å²) in [5, 5.41) is 21.6. The summed E-state index contributed by atoms with van der Waals surface area (Å²) in [4.78, 5) is 11.9.